The van der Waals surface area contributed by atoms with Gasteiger partial charge in [-0.2, -0.15) is 0 Å². The van der Waals surface area contributed by atoms with E-state index in [0.717, 1.165) is 5.96 Å². The second-order valence-corrected chi connectivity index (χ2v) is 5.12. The smallest absolute Gasteiger partial charge is 0.305 e. The molecule has 0 saturated heterocycles. The van der Waals surface area contributed by atoms with Crippen molar-refractivity contribution in [2.45, 2.75) is 13.8 Å². The van der Waals surface area contributed by atoms with Gasteiger partial charge < -0.3 is 9.05 Å². The van der Waals surface area contributed by atoms with E-state index in [-0.39, 0.29) is 13.2 Å². The molecule has 0 aromatic heterocycles. The zero-order valence-electron chi connectivity index (χ0n) is 10.4. The van der Waals surface area contributed by atoms with Gasteiger partial charge in [0, 0.05) is 5.56 Å². The summed E-state index contributed by atoms with van der Waals surface area (Å²) in [6.07, 6.45) is 0. The first kappa shape index (κ1) is 14.8. The van der Waals surface area contributed by atoms with E-state index in [9.17, 15) is 9.36 Å². The van der Waals surface area contributed by atoms with Gasteiger partial charge in [0.1, 0.15) is 5.96 Å². The molecule has 0 unspecified atom stereocenters. The molecule has 0 radical (unpaired) electrons. The maximum Gasteiger partial charge on any atom is 0.372 e. The predicted octanol–water partition coefficient (Wildman–Crippen LogP) is 3.12. The highest BCUT2D eigenvalue weighted by atomic mass is 31.2. The van der Waals surface area contributed by atoms with Crippen LogP contribution in [-0.4, -0.2) is 25.1 Å². The largest absolute Gasteiger partial charge is 0.372 e. The summed E-state index contributed by atoms with van der Waals surface area (Å²) in [7, 11) is -3.41. The third-order valence-electron chi connectivity index (χ3n) is 1.96. The summed E-state index contributed by atoms with van der Waals surface area (Å²) in [4.78, 5) is 15.3. The van der Waals surface area contributed by atoms with Crippen molar-refractivity contribution in [2.75, 3.05) is 13.2 Å². The topological polar surface area (TPSA) is 65.0 Å². The van der Waals surface area contributed by atoms with E-state index < -0.39 is 13.5 Å². The average Bonchev–Trinajstić information content (AvgIpc) is 2.38. The molecule has 18 heavy (non-hydrogen) atoms. The van der Waals surface area contributed by atoms with Crippen molar-refractivity contribution in [3.05, 3.63) is 35.9 Å². The summed E-state index contributed by atoms with van der Waals surface area (Å²) in [5.74, 6) is 0.491. The molecule has 0 N–H and O–H groups in total. The number of hydrogen-bond donors (Lipinski definition) is 0. The van der Waals surface area contributed by atoms with Crippen molar-refractivity contribution < 1.29 is 18.4 Å². The van der Waals surface area contributed by atoms with Crippen molar-refractivity contribution in [1.29, 1.82) is 0 Å². The van der Waals surface area contributed by atoms with Crippen LogP contribution in [0.5, 0.6) is 0 Å². The third-order valence-corrected chi connectivity index (χ3v) is 3.59. The number of benzene rings is 1. The number of aliphatic imine (C=N–C) groups is 1. The van der Waals surface area contributed by atoms with E-state index in [0.29, 0.717) is 5.56 Å². The molecule has 0 fully saturated rings. The van der Waals surface area contributed by atoms with E-state index in [1.54, 1.807) is 44.2 Å². The van der Waals surface area contributed by atoms with E-state index in [2.05, 4.69) is 4.99 Å². The van der Waals surface area contributed by atoms with Gasteiger partial charge in [-0.25, -0.2) is 4.99 Å². The summed E-state index contributed by atoms with van der Waals surface area (Å²) in [5, 5.41) is 0. The lowest BCUT2D eigenvalue weighted by Crippen LogP contribution is -2.00. The Morgan fingerprint density at radius 3 is 2.28 bits per heavy atom. The third kappa shape index (κ3) is 4.53. The van der Waals surface area contributed by atoms with Gasteiger partial charge in [-0.3, -0.25) is 9.36 Å². The molecule has 5 nitrogen and oxygen atoms in total. The summed E-state index contributed by atoms with van der Waals surface area (Å²) >= 11 is 0. The van der Waals surface area contributed by atoms with Gasteiger partial charge in [0.15, 0.2) is 0 Å². The second-order valence-electron chi connectivity index (χ2n) is 3.29. The lowest BCUT2D eigenvalue weighted by Gasteiger charge is -2.11. The predicted molar refractivity (Wildman–Crippen MR) is 70.1 cm³/mol. The SMILES string of the molecule is CCOP(=O)(C=NC(=O)c1ccccc1)OCC. The molecule has 6 heteroatoms. The van der Waals surface area contributed by atoms with Gasteiger partial charge in [0.25, 0.3) is 5.91 Å². The number of carbonyl (C=O) groups is 1. The summed E-state index contributed by atoms with van der Waals surface area (Å²) in [5.41, 5.74) is 0.424. The Labute approximate surface area is 106 Å². The molecule has 0 spiro atoms. The van der Waals surface area contributed by atoms with Crippen molar-refractivity contribution in [1.82, 2.24) is 0 Å². The molecule has 0 atom stereocenters. The fraction of sp³-hybridized carbons (Fsp3) is 0.333. The van der Waals surface area contributed by atoms with Crippen molar-refractivity contribution in [3.8, 4) is 0 Å². The van der Waals surface area contributed by atoms with Gasteiger partial charge in [-0.05, 0) is 26.0 Å². The number of hydrogen-bond acceptors (Lipinski definition) is 4. The molecule has 0 heterocycles. The minimum absolute atomic E-state index is 0.225. The highest BCUT2D eigenvalue weighted by Crippen LogP contribution is 2.45. The van der Waals surface area contributed by atoms with E-state index in [1.165, 1.54) is 0 Å². The lowest BCUT2D eigenvalue weighted by atomic mass is 10.2. The second kappa shape index (κ2) is 7.21. The molecule has 98 valence electrons. The molecule has 0 aliphatic rings. The van der Waals surface area contributed by atoms with Crippen LogP contribution >= 0.6 is 7.60 Å². The zero-order chi connectivity index (χ0) is 13.4. The number of rotatable bonds is 6. The van der Waals surface area contributed by atoms with E-state index >= 15 is 0 Å². The molecule has 0 saturated carbocycles. The molecule has 1 rings (SSSR count). The van der Waals surface area contributed by atoms with Crippen molar-refractivity contribution in [3.63, 3.8) is 0 Å². The van der Waals surface area contributed by atoms with Crippen molar-refractivity contribution >= 4 is 19.5 Å². The van der Waals surface area contributed by atoms with E-state index in [4.69, 9.17) is 9.05 Å². The minimum atomic E-state index is -3.41. The number of amides is 1. The van der Waals surface area contributed by atoms with Crippen LogP contribution in [0.3, 0.4) is 0 Å². The molecule has 0 aliphatic carbocycles. The molecule has 1 aromatic carbocycles. The number of nitrogens with zero attached hydrogens (tertiary/aromatic N) is 1. The Morgan fingerprint density at radius 2 is 1.78 bits per heavy atom. The van der Waals surface area contributed by atoms with Gasteiger partial charge in [0.05, 0.1) is 13.2 Å². The molecule has 1 aromatic rings. The average molecular weight is 269 g/mol. The van der Waals surface area contributed by atoms with E-state index in [1.807, 2.05) is 0 Å². The van der Waals surface area contributed by atoms with Gasteiger partial charge in [-0.1, -0.05) is 18.2 Å². The van der Waals surface area contributed by atoms with Gasteiger partial charge in [0.2, 0.25) is 0 Å². The fourth-order valence-electron chi connectivity index (χ4n) is 1.24. The highest BCUT2D eigenvalue weighted by Gasteiger charge is 2.21. The molecule has 0 aliphatic heterocycles. The Kier molecular flexibility index (Phi) is 5.92. The Bertz CT molecular complexity index is 448. The van der Waals surface area contributed by atoms with Crippen LogP contribution in [-0.2, 0) is 13.6 Å². The van der Waals surface area contributed by atoms with Crippen molar-refractivity contribution in [2.24, 2.45) is 4.99 Å². The zero-order valence-corrected chi connectivity index (χ0v) is 11.3. The summed E-state index contributed by atoms with van der Waals surface area (Å²) < 4.78 is 22.0. The summed E-state index contributed by atoms with van der Waals surface area (Å²) in [6, 6.07) is 8.52. The summed E-state index contributed by atoms with van der Waals surface area (Å²) in [6.45, 7) is 3.84. The molecule has 0 bridgehead atoms. The Balaban J connectivity index is 2.78. The maximum absolute atomic E-state index is 12.0. The lowest BCUT2D eigenvalue weighted by molar-refractivity contribution is 0.100. The van der Waals surface area contributed by atoms with Crippen LogP contribution in [0.2, 0.25) is 0 Å². The number of carbonyl (C=O) groups excluding carboxylic acids is 1. The van der Waals surface area contributed by atoms with Gasteiger partial charge >= 0.3 is 7.60 Å². The highest BCUT2D eigenvalue weighted by molar-refractivity contribution is 7.69. The quantitative estimate of drug-likeness (QED) is 0.588. The normalized spacial score (nSPS) is 11.9. The Morgan fingerprint density at radius 1 is 1.22 bits per heavy atom. The van der Waals surface area contributed by atoms with Gasteiger partial charge in [-0.15, -0.1) is 0 Å². The van der Waals surface area contributed by atoms with Crippen LogP contribution < -0.4 is 0 Å². The maximum atomic E-state index is 12.0. The first-order valence-corrected chi connectivity index (χ1v) is 7.26. The van der Waals surface area contributed by atoms with Crippen LogP contribution in [0.4, 0.5) is 0 Å². The molecule has 1 amide bonds. The fourth-order valence-corrected chi connectivity index (χ4v) is 2.42. The van der Waals surface area contributed by atoms with Crippen LogP contribution in [0.1, 0.15) is 24.2 Å². The molecular formula is C12H16NO4P. The minimum Gasteiger partial charge on any atom is -0.305 e. The van der Waals surface area contributed by atoms with Crippen LogP contribution in [0, 0.1) is 0 Å². The Hall–Kier alpha value is -1.29. The standard InChI is InChI=1S/C12H16NO4P/c1-3-16-18(15,17-4-2)10-13-12(14)11-8-6-5-7-9-11/h5-10H,3-4H2,1-2H3. The van der Waals surface area contributed by atoms with Crippen LogP contribution in [0.15, 0.2) is 35.3 Å². The first-order chi connectivity index (χ1) is 8.61. The monoisotopic (exact) mass is 269 g/mol. The molecular weight excluding hydrogens is 253 g/mol. The van der Waals surface area contributed by atoms with Crippen LogP contribution in [0.25, 0.3) is 0 Å². The first-order valence-electron chi connectivity index (χ1n) is 5.64.